The van der Waals surface area contributed by atoms with Crippen LogP contribution in [0.1, 0.15) is 12.0 Å². The summed E-state index contributed by atoms with van der Waals surface area (Å²) in [6.07, 6.45) is -2.60. The van der Waals surface area contributed by atoms with E-state index in [2.05, 4.69) is 5.10 Å². The van der Waals surface area contributed by atoms with Crippen LogP contribution >= 0.6 is 0 Å². The van der Waals surface area contributed by atoms with E-state index in [-0.39, 0.29) is 13.0 Å². The van der Waals surface area contributed by atoms with E-state index in [0.717, 1.165) is 10.6 Å². The first kappa shape index (κ1) is 18.0. The maximum Gasteiger partial charge on any atom is 0.406 e. The molecule has 6 nitrogen and oxygen atoms in total. The number of rotatable bonds is 4. The predicted molar refractivity (Wildman–Crippen MR) is 84.6 cm³/mol. The van der Waals surface area contributed by atoms with Gasteiger partial charge in [-0.05, 0) is 24.1 Å². The van der Waals surface area contributed by atoms with Crippen molar-refractivity contribution >= 4 is 11.9 Å². The van der Waals surface area contributed by atoms with Gasteiger partial charge in [0.25, 0.3) is 0 Å². The summed E-state index contributed by atoms with van der Waals surface area (Å²) in [5.74, 6) is -2.50. The minimum Gasteiger partial charge on any atom is -0.481 e. The average Bonchev–Trinajstić information content (AvgIpc) is 3.23. The number of carboxylic acid groups (broad SMARTS) is 1. The van der Waals surface area contributed by atoms with Gasteiger partial charge in [-0.3, -0.25) is 9.59 Å². The summed E-state index contributed by atoms with van der Waals surface area (Å²) in [5.41, 5.74) is -1.57. The van der Waals surface area contributed by atoms with Crippen LogP contribution in [0, 0.1) is 5.41 Å². The Morgan fingerprint density at radius 1 is 1.23 bits per heavy atom. The van der Waals surface area contributed by atoms with Crippen molar-refractivity contribution in [2.75, 3.05) is 13.1 Å². The molecule has 1 atom stereocenters. The minimum absolute atomic E-state index is 0.139. The Bertz CT molecular complexity index is 819. The van der Waals surface area contributed by atoms with Gasteiger partial charge in [-0.1, -0.05) is 18.2 Å². The molecule has 1 unspecified atom stereocenters. The predicted octanol–water partition coefficient (Wildman–Crippen LogP) is 2.28. The molecule has 1 N–H and O–H groups in total. The first-order valence-electron chi connectivity index (χ1n) is 7.90. The van der Waals surface area contributed by atoms with Gasteiger partial charge in [-0.2, -0.15) is 18.3 Å². The van der Waals surface area contributed by atoms with Crippen molar-refractivity contribution in [1.82, 2.24) is 14.7 Å². The van der Waals surface area contributed by atoms with Crippen LogP contribution in [-0.2, 0) is 16.0 Å². The van der Waals surface area contributed by atoms with E-state index < -0.39 is 36.4 Å². The topological polar surface area (TPSA) is 75.4 Å². The number of halogens is 3. The Labute approximate surface area is 146 Å². The van der Waals surface area contributed by atoms with Crippen LogP contribution in [0.5, 0.6) is 0 Å². The summed E-state index contributed by atoms with van der Waals surface area (Å²) in [7, 11) is 0. The number of carboxylic acids is 1. The second kappa shape index (κ2) is 6.47. The van der Waals surface area contributed by atoms with Crippen LogP contribution in [0.25, 0.3) is 5.69 Å². The van der Waals surface area contributed by atoms with Crippen LogP contribution in [-0.4, -0.2) is 50.9 Å². The molecule has 2 aromatic rings. The first-order valence-corrected chi connectivity index (χ1v) is 7.90. The number of aliphatic carboxylic acids is 1. The van der Waals surface area contributed by atoms with Crippen LogP contribution in [0.3, 0.4) is 0 Å². The number of hydrogen-bond acceptors (Lipinski definition) is 3. The van der Waals surface area contributed by atoms with Crippen LogP contribution in [0.2, 0.25) is 0 Å². The van der Waals surface area contributed by atoms with E-state index in [1.165, 1.54) is 6.20 Å². The van der Waals surface area contributed by atoms with Gasteiger partial charge >= 0.3 is 12.1 Å². The lowest BCUT2D eigenvalue weighted by Crippen LogP contribution is -2.47. The molecule has 0 bridgehead atoms. The molecule has 1 fully saturated rings. The number of likely N-dealkylation sites (tertiary alicyclic amines) is 1. The van der Waals surface area contributed by atoms with Gasteiger partial charge in [0.05, 0.1) is 18.3 Å². The van der Waals surface area contributed by atoms with Gasteiger partial charge in [0, 0.05) is 19.3 Å². The van der Waals surface area contributed by atoms with Gasteiger partial charge < -0.3 is 10.0 Å². The number of aromatic nitrogens is 2. The number of nitrogens with zero attached hydrogens (tertiary/aromatic N) is 3. The highest BCUT2D eigenvalue weighted by atomic mass is 19.4. The summed E-state index contributed by atoms with van der Waals surface area (Å²) in [6.45, 7) is -1.10. The fourth-order valence-electron chi connectivity index (χ4n) is 3.01. The molecule has 138 valence electrons. The fourth-order valence-corrected chi connectivity index (χ4v) is 3.01. The summed E-state index contributed by atoms with van der Waals surface area (Å²) in [6, 6.07) is 9.15. The maximum atomic E-state index is 13.2. The van der Waals surface area contributed by atoms with Crippen LogP contribution in [0.4, 0.5) is 13.2 Å². The molecular formula is C17H16F3N3O3. The number of carbonyl (C=O) groups excluding carboxylic acids is 1. The largest absolute Gasteiger partial charge is 0.481 e. The maximum absolute atomic E-state index is 13.2. The Morgan fingerprint density at radius 2 is 1.92 bits per heavy atom. The fraction of sp³-hybridized carbons (Fsp3) is 0.353. The van der Waals surface area contributed by atoms with Crippen molar-refractivity contribution in [2.45, 2.75) is 19.0 Å². The van der Waals surface area contributed by atoms with Gasteiger partial charge in [0.2, 0.25) is 5.91 Å². The number of carbonyl (C=O) groups is 2. The third-order valence-electron chi connectivity index (χ3n) is 4.59. The molecule has 1 aliphatic heterocycles. The third kappa shape index (κ3) is 3.16. The van der Waals surface area contributed by atoms with E-state index in [0.29, 0.717) is 5.56 Å². The lowest BCUT2D eigenvalue weighted by atomic mass is 9.86. The molecule has 26 heavy (non-hydrogen) atoms. The number of alkyl halides is 3. The van der Waals surface area contributed by atoms with Gasteiger partial charge in [-0.15, -0.1) is 0 Å². The number of benzene rings is 1. The standard InChI is InChI=1S/C17H16F3N3O3/c18-17(19,20)16(15(25)26)6-7-22(11-16)14(24)8-12-9-21-23(10-12)13-4-2-1-3-5-13/h1-5,9-10H,6-8,11H2,(H,25,26). The van der Waals surface area contributed by atoms with Gasteiger partial charge in [0.15, 0.2) is 5.41 Å². The molecule has 1 aliphatic rings. The normalized spacial score (nSPS) is 20.3. The first-order chi connectivity index (χ1) is 12.2. The monoisotopic (exact) mass is 367 g/mol. The minimum atomic E-state index is -4.91. The summed E-state index contributed by atoms with van der Waals surface area (Å²) in [4.78, 5) is 24.5. The molecular weight excluding hydrogens is 351 g/mol. The molecule has 1 saturated heterocycles. The SMILES string of the molecule is O=C(Cc1cnn(-c2ccccc2)c1)N1CCC(C(=O)O)(C(F)(F)F)C1. The number of para-hydroxylation sites is 1. The zero-order chi connectivity index (χ0) is 18.9. The van der Waals surface area contributed by atoms with Crippen molar-refractivity contribution in [3.63, 3.8) is 0 Å². The van der Waals surface area contributed by atoms with Crippen molar-refractivity contribution < 1.29 is 27.9 Å². The molecule has 3 rings (SSSR count). The molecule has 0 aliphatic carbocycles. The Hall–Kier alpha value is -2.84. The number of hydrogen-bond donors (Lipinski definition) is 1. The molecule has 9 heteroatoms. The summed E-state index contributed by atoms with van der Waals surface area (Å²) < 4.78 is 41.1. The molecule has 2 heterocycles. The molecule has 1 amide bonds. The third-order valence-corrected chi connectivity index (χ3v) is 4.59. The highest BCUT2D eigenvalue weighted by molar-refractivity contribution is 5.82. The second-order valence-corrected chi connectivity index (χ2v) is 6.26. The zero-order valence-electron chi connectivity index (χ0n) is 13.6. The lowest BCUT2D eigenvalue weighted by Gasteiger charge is -2.27. The van der Waals surface area contributed by atoms with E-state index in [9.17, 15) is 22.8 Å². The van der Waals surface area contributed by atoms with E-state index in [1.807, 2.05) is 30.3 Å². The molecule has 0 saturated carbocycles. The smallest absolute Gasteiger partial charge is 0.406 e. The Kier molecular flexibility index (Phi) is 4.47. The van der Waals surface area contributed by atoms with Gasteiger partial charge in [0.1, 0.15) is 0 Å². The van der Waals surface area contributed by atoms with Crippen LogP contribution < -0.4 is 0 Å². The van der Waals surface area contributed by atoms with Crippen LogP contribution in [0.15, 0.2) is 42.7 Å². The molecule has 1 aromatic heterocycles. The summed E-state index contributed by atoms with van der Waals surface area (Å²) in [5, 5.41) is 13.2. The van der Waals surface area contributed by atoms with Gasteiger partial charge in [-0.25, -0.2) is 4.68 Å². The quantitative estimate of drug-likeness (QED) is 0.900. The lowest BCUT2D eigenvalue weighted by molar-refractivity contribution is -0.227. The zero-order valence-corrected chi connectivity index (χ0v) is 13.6. The van der Waals surface area contributed by atoms with E-state index in [4.69, 9.17) is 5.11 Å². The van der Waals surface area contributed by atoms with Crippen molar-refractivity contribution in [1.29, 1.82) is 0 Å². The van der Waals surface area contributed by atoms with Crippen molar-refractivity contribution in [3.05, 3.63) is 48.3 Å². The Morgan fingerprint density at radius 3 is 2.50 bits per heavy atom. The Balaban J connectivity index is 1.70. The average molecular weight is 367 g/mol. The number of amides is 1. The summed E-state index contributed by atoms with van der Waals surface area (Å²) >= 11 is 0. The molecule has 1 aromatic carbocycles. The van der Waals surface area contributed by atoms with Crippen molar-refractivity contribution in [3.8, 4) is 5.69 Å². The highest BCUT2D eigenvalue weighted by Gasteiger charge is 2.64. The molecule has 0 spiro atoms. The second-order valence-electron chi connectivity index (χ2n) is 6.26. The molecule has 0 radical (unpaired) electrons. The van der Waals surface area contributed by atoms with E-state index in [1.54, 1.807) is 10.9 Å². The van der Waals surface area contributed by atoms with E-state index >= 15 is 0 Å². The highest BCUT2D eigenvalue weighted by Crippen LogP contribution is 2.45. The van der Waals surface area contributed by atoms with Crippen molar-refractivity contribution in [2.24, 2.45) is 5.41 Å².